The van der Waals surface area contributed by atoms with Crippen LogP contribution in [0, 0.1) is 0 Å². The fraction of sp³-hybridized carbons (Fsp3) is 0.714. The third kappa shape index (κ3) is 4.27. The van der Waals surface area contributed by atoms with Crippen LogP contribution in [0.25, 0.3) is 0 Å². The molecule has 1 aliphatic heterocycles. The summed E-state index contributed by atoms with van der Waals surface area (Å²) in [5.74, 6) is -0.354. The van der Waals surface area contributed by atoms with E-state index >= 15 is 0 Å². The van der Waals surface area contributed by atoms with Gasteiger partial charge in [0.25, 0.3) is 0 Å². The molecule has 0 aliphatic carbocycles. The number of carbonyl (C=O) groups is 2. The summed E-state index contributed by atoms with van der Waals surface area (Å²) in [6, 6.07) is -0.451. The molecule has 2 rings (SSSR count). The summed E-state index contributed by atoms with van der Waals surface area (Å²) >= 11 is 0. The highest BCUT2D eigenvalue weighted by Crippen LogP contribution is 2.22. The zero-order valence-electron chi connectivity index (χ0n) is 12.8. The summed E-state index contributed by atoms with van der Waals surface area (Å²) in [6.45, 7) is 6.57. The molecule has 0 aromatic carbocycles. The van der Waals surface area contributed by atoms with Gasteiger partial charge in [-0.25, -0.2) is 9.78 Å². The van der Waals surface area contributed by atoms with E-state index in [-0.39, 0.29) is 11.9 Å². The summed E-state index contributed by atoms with van der Waals surface area (Å²) in [7, 11) is 0. The molecular weight excluding hydrogens is 272 g/mol. The smallest absolute Gasteiger partial charge is 0.329 e. The van der Waals surface area contributed by atoms with Crippen molar-refractivity contribution in [3.05, 3.63) is 12.7 Å². The van der Waals surface area contributed by atoms with Crippen LogP contribution in [0.2, 0.25) is 0 Å². The molecule has 21 heavy (non-hydrogen) atoms. The van der Waals surface area contributed by atoms with Crippen LogP contribution < -0.4 is 0 Å². The largest absolute Gasteiger partial charge is 0.458 e. The van der Waals surface area contributed by atoms with Crippen molar-refractivity contribution in [1.82, 2.24) is 19.7 Å². The molecule has 1 amide bonds. The van der Waals surface area contributed by atoms with Gasteiger partial charge in [0.15, 0.2) is 0 Å². The van der Waals surface area contributed by atoms with Gasteiger partial charge in [0.1, 0.15) is 24.3 Å². The lowest BCUT2D eigenvalue weighted by atomic mass is 10.1. The van der Waals surface area contributed by atoms with E-state index in [4.69, 9.17) is 4.74 Å². The van der Waals surface area contributed by atoms with Crippen molar-refractivity contribution in [2.45, 2.75) is 58.2 Å². The number of aromatic nitrogens is 3. The maximum absolute atomic E-state index is 12.3. The molecule has 1 aromatic rings. The average Bonchev–Trinajstić information content (AvgIpc) is 3.05. The molecule has 0 spiro atoms. The van der Waals surface area contributed by atoms with Gasteiger partial charge in [-0.05, 0) is 33.6 Å². The number of hydrogen-bond acceptors (Lipinski definition) is 5. The van der Waals surface area contributed by atoms with E-state index in [2.05, 4.69) is 10.1 Å². The normalized spacial score (nSPS) is 18.8. The Bertz CT molecular complexity index is 493. The second-order valence-corrected chi connectivity index (χ2v) is 6.19. The molecular formula is C14H22N4O3. The Hall–Kier alpha value is -1.92. The minimum Gasteiger partial charge on any atom is -0.458 e. The fourth-order valence-corrected chi connectivity index (χ4v) is 2.38. The molecule has 0 bridgehead atoms. The second kappa shape index (κ2) is 6.24. The monoisotopic (exact) mass is 294 g/mol. The predicted molar refractivity (Wildman–Crippen MR) is 75.2 cm³/mol. The van der Waals surface area contributed by atoms with E-state index in [0.717, 1.165) is 6.42 Å². The topological polar surface area (TPSA) is 77.3 Å². The number of esters is 1. The number of aryl methyl sites for hydroxylation is 1. The third-order valence-electron chi connectivity index (χ3n) is 3.27. The van der Waals surface area contributed by atoms with Crippen LogP contribution in [0.3, 0.4) is 0 Å². The number of hydrogen-bond donors (Lipinski definition) is 0. The number of amides is 1. The van der Waals surface area contributed by atoms with Crippen LogP contribution in [-0.4, -0.2) is 49.7 Å². The Balaban J connectivity index is 1.91. The van der Waals surface area contributed by atoms with Crippen LogP contribution in [-0.2, 0) is 20.9 Å². The molecule has 0 unspecified atom stereocenters. The van der Waals surface area contributed by atoms with E-state index in [1.807, 2.05) is 20.8 Å². The van der Waals surface area contributed by atoms with E-state index in [9.17, 15) is 9.59 Å². The number of rotatable bonds is 4. The van der Waals surface area contributed by atoms with Gasteiger partial charge < -0.3 is 9.64 Å². The summed E-state index contributed by atoms with van der Waals surface area (Å²) in [5.41, 5.74) is -0.533. The molecule has 0 saturated carbocycles. The fourth-order valence-electron chi connectivity index (χ4n) is 2.38. The van der Waals surface area contributed by atoms with Crippen molar-refractivity contribution in [2.75, 3.05) is 6.54 Å². The minimum atomic E-state index is -0.533. The van der Waals surface area contributed by atoms with Gasteiger partial charge in [0, 0.05) is 13.0 Å². The molecule has 1 atom stereocenters. The van der Waals surface area contributed by atoms with Crippen LogP contribution in [0.4, 0.5) is 0 Å². The van der Waals surface area contributed by atoms with Gasteiger partial charge in [-0.15, -0.1) is 0 Å². The van der Waals surface area contributed by atoms with Gasteiger partial charge >= 0.3 is 5.97 Å². The number of nitrogens with zero attached hydrogens (tertiary/aromatic N) is 4. The van der Waals surface area contributed by atoms with E-state index in [0.29, 0.717) is 25.9 Å². The Morgan fingerprint density at radius 1 is 1.38 bits per heavy atom. The van der Waals surface area contributed by atoms with Crippen molar-refractivity contribution < 1.29 is 14.3 Å². The molecule has 116 valence electrons. The lowest BCUT2D eigenvalue weighted by Gasteiger charge is -2.27. The van der Waals surface area contributed by atoms with E-state index in [1.165, 1.54) is 6.33 Å². The lowest BCUT2D eigenvalue weighted by Crippen LogP contribution is -2.43. The number of carbonyl (C=O) groups excluding carboxylic acids is 2. The highest BCUT2D eigenvalue weighted by molar-refractivity contribution is 5.85. The molecule has 7 nitrogen and oxygen atoms in total. The van der Waals surface area contributed by atoms with Crippen molar-refractivity contribution in [2.24, 2.45) is 0 Å². The Morgan fingerprint density at radius 2 is 2.14 bits per heavy atom. The summed E-state index contributed by atoms with van der Waals surface area (Å²) in [6.07, 6.45) is 4.82. The van der Waals surface area contributed by atoms with Crippen molar-refractivity contribution >= 4 is 11.9 Å². The molecule has 1 aliphatic rings. The Labute approximate surface area is 124 Å². The maximum Gasteiger partial charge on any atom is 0.329 e. The average molecular weight is 294 g/mol. The SMILES string of the molecule is CC(C)(C)OC(=O)[C@@H]1CCCN1C(=O)CCn1cncn1. The zero-order valence-corrected chi connectivity index (χ0v) is 12.8. The highest BCUT2D eigenvalue weighted by Gasteiger charge is 2.36. The van der Waals surface area contributed by atoms with Crippen molar-refractivity contribution in [3.8, 4) is 0 Å². The highest BCUT2D eigenvalue weighted by atomic mass is 16.6. The molecule has 1 aromatic heterocycles. The third-order valence-corrected chi connectivity index (χ3v) is 3.27. The molecule has 1 saturated heterocycles. The first kappa shape index (κ1) is 15.5. The Morgan fingerprint density at radius 3 is 2.76 bits per heavy atom. The quantitative estimate of drug-likeness (QED) is 0.774. The zero-order chi connectivity index (χ0) is 15.5. The van der Waals surface area contributed by atoms with Crippen LogP contribution >= 0.6 is 0 Å². The minimum absolute atomic E-state index is 0.0427. The van der Waals surface area contributed by atoms with Gasteiger partial charge in [0.2, 0.25) is 5.91 Å². The second-order valence-electron chi connectivity index (χ2n) is 6.19. The summed E-state index contributed by atoms with van der Waals surface area (Å²) in [5, 5.41) is 3.96. The molecule has 7 heteroatoms. The van der Waals surface area contributed by atoms with Gasteiger partial charge in [0.05, 0.1) is 6.54 Å². The predicted octanol–water partition coefficient (Wildman–Crippen LogP) is 1.00. The van der Waals surface area contributed by atoms with Crippen LogP contribution in [0.1, 0.15) is 40.0 Å². The van der Waals surface area contributed by atoms with E-state index < -0.39 is 11.6 Å². The molecule has 0 N–H and O–H groups in total. The Kier molecular flexibility index (Phi) is 4.59. The first-order chi connectivity index (χ1) is 9.87. The van der Waals surface area contributed by atoms with Crippen LogP contribution in [0.15, 0.2) is 12.7 Å². The standard InChI is InChI=1S/C14H22N4O3/c1-14(2,3)21-13(20)11-5-4-7-18(11)12(19)6-8-17-10-15-9-16-17/h9-11H,4-8H2,1-3H3/t11-/m0/s1. The van der Waals surface area contributed by atoms with Gasteiger partial charge in [-0.3, -0.25) is 9.48 Å². The van der Waals surface area contributed by atoms with Crippen molar-refractivity contribution in [1.29, 1.82) is 0 Å². The first-order valence-corrected chi connectivity index (χ1v) is 7.21. The number of ether oxygens (including phenoxy) is 1. The lowest BCUT2D eigenvalue weighted by molar-refractivity contribution is -0.163. The summed E-state index contributed by atoms with van der Waals surface area (Å²) in [4.78, 5) is 29.9. The van der Waals surface area contributed by atoms with Crippen molar-refractivity contribution in [3.63, 3.8) is 0 Å². The molecule has 2 heterocycles. The summed E-state index contributed by atoms with van der Waals surface area (Å²) < 4.78 is 7.00. The van der Waals surface area contributed by atoms with Crippen LogP contribution in [0.5, 0.6) is 0 Å². The first-order valence-electron chi connectivity index (χ1n) is 7.21. The maximum atomic E-state index is 12.3. The molecule has 1 fully saturated rings. The molecule has 0 radical (unpaired) electrons. The van der Waals surface area contributed by atoms with E-state index in [1.54, 1.807) is 15.9 Å². The number of likely N-dealkylation sites (tertiary alicyclic amines) is 1. The van der Waals surface area contributed by atoms with Gasteiger partial charge in [-0.1, -0.05) is 0 Å². The van der Waals surface area contributed by atoms with Gasteiger partial charge in [-0.2, -0.15) is 5.10 Å².